The van der Waals surface area contributed by atoms with Crippen LogP contribution in [0.5, 0.6) is 0 Å². The highest BCUT2D eigenvalue weighted by molar-refractivity contribution is 5.79. The normalized spacial score (nSPS) is 17.0. The molecule has 0 amide bonds. The van der Waals surface area contributed by atoms with Crippen molar-refractivity contribution in [1.29, 1.82) is 0 Å². The highest BCUT2D eigenvalue weighted by Gasteiger charge is 2.45. The number of fused-ring (bicyclic) bond motifs is 1. The van der Waals surface area contributed by atoms with Crippen LogP contribution in [0.15, 0.2) is 18.2 Å². The number of nitrogens with two attached hydrogens (primary N) is 1. The van der Waals surface area contributed by atoms with Gasteiger partial charge in [0.25, 0.3) is 0 Å². The average molecular weight is 271 g/mol. The number of rotatable bonds is 5. The van der Waals surface area contributed by atoms with E-state index in [-0.39, 0.29) is 0 Å². The Hall–Kier alpha value is -1.51. The summed E-state index contributed by atoms with van der Waals surface area (Å²) in [5.41, 5.74) is 9.49. The van der Waals surface area contributed by atoms with Crippen LogP contribution < -0.4 is 5.73 Å². The molecule has 2 N–H and O–H groups in total. The molecule has 1 heterocycles. The van der Waals surface area contributed by atoms with E-state index in [9.17, 15) is 0 Å². The van der Waals surface area contributed by atoms with Crippen molar-refractivity contribution >= 4 is 16.7 Å². The summed E-state index contributed by atoms with van der Waals surface area (Å²) in [5.74, 6) is 1.96. The maximum Gasteiger partial charge on any atom is 0.109 e. The van der Waals surface area contributed by atoms with Crippen molar-refractivity contribution in [2.45, 2.75) is 53.0 Å². The summed E-state index contributed by atoms with van der Waals surface area (Å²) in [6.07, 6.45) is 4.88. The fourth-order valence-corrected chi connectivity index (χ4v) is 3.18. The number of aryl methyl sites for hydroxylation is 1. The van der Waals surface area contributed by atoms with E-state index in [1.54, 1.807) is 0 Å². The first-order chi connectivity index (χ1) is 9.55. The fourth-order valence-electron chi connectivity index (χ4n) is 3.18. The predicted molar refractivity (Wildman–Crippen MR) is 84.6 cm³/mol. The minimum atomic E-state index is 0.498. The van der Waals surface area contributed by atoms with E-state index in [1.807, 2.05) is 12.1 Å². The van der Waals surface area contributed by atoms with Gasteiger partial charge in [-0.1, -0.05) is 20.8 Å². The van der Waals surface area contributed by atoms with E-state index >= 15 is 0 Å². The van der Waals surface area contributed by atoms with Gasteiger partial charge in [0, 0.05) is 18.7 Å². The zero-order chi connectivity index (χ0) is 14.3. The number of anilines is 1. The van der Waals surface area contributed by atoms with Gasteiger partial charge in [0.1, 0.15) is 5.82 Å². The SMILES string of the molecule is CCCc1nc2cc(N)ccc2n1CC1(C(C)C)CC1. The Balaban J connectivity index is 2.05. The van der Waals surface area contributed by atoms with Gasteiger partial charge in [-0.15, -0.1) is 0 Å². The highest BCUT2D eigenvalue weighted by Crippen LogP contribution is 2.53. The lowest BCUT2D eigenvalue weighted by molar-refractivity contribution is 0.308. The van der Waals surface area contributed by atoms with Gasteiger partial charge in [0.05, 0.1) is 11.0 Å². The molecule has 0 atom stereocenters. The second kappa shape index (κ2) is 4.80. The summed E-state index contributed by atoms with van der Waals surface area (Å²) in [6, 6.07) is 6.12. The number of imidazole rings is 1. The molecule has 0 bridgehead atoms. The number of nitrogens with zero attached hydrogens (tertiary/aromatic N) is 2. The molecule has 0 unspecified atom stereocenters. The van der Waals surface area contributed by atoms with Crippen molar-refractivity contribution in [2.75, 3.05) is 5.73 Å². The van der Waals surface area contributed by atoms with Gasteiger partial charge >= 0.3 is 0 Å². The molecule has 20 heavy (non-hydrogen) atoms. The van der Waals surface area contributed by atoms with Gasteiger partial charge in [0.15, 0.2) is 0 Å². The molecular weight excluding hydrogens is 246 g/mol. The van der Waals surface area contributed by atoms with Crippen molar-refractivity contribution in [3.05, 3.63) is 24.0 Å². The van der Waals surface area contributed by atoms with Gasteiger partial charge < -0.3 is 10.3 Å². The molecule has 0 aliphatic heterocycles. The van der Waals surface area contributed by atoms with Gasteiger partial charge in [-0.3, -0.25) is 0 Å². The van der Waals surface area contributed by atoms with Crippen LogP contribution >= 0.6 is 0 Å². The van der Waals surface area contributed by atoms with E-state index in [1.165, 1.54) is 24.2 Å². The van der Waals surface area contributed by atoms with Gasteiger partial charge in [-0.05, 0) is 48.8 Å². The molecular formula is C17H25N3. The van der Waals surface area contributed by atoms with Crippen LogP contribution in [0, 0.1) is 11.3 Å². The van der Waals surface area contributed by atoms with Crippen LogP contribution in [0.3, 0.4) is 0 Å². The van der Waals surface area contributed by atoms with Crippen LogP contribution in [-0.4, -0.2) is 9.55 Å². The second-order valence-electron chi connectivity index (χ2n) is 6.63. The Morgan fingerprint density at radius 1 is 1.35 bits per heavy atom. The average Bonchev–Trinajstić information content (AvgIpc) is 3.11. The van der Waals surface area contributed by atoms with Crippen LogP contribution in [0.1, 0.15) is 45.9 Å². The molecule has 108 valence electrons. The predicted octanol–water partition coefficient (Wildman–Crippen LogP) is 4.01. The van der Waals surface area contributed by atoms with E-state index in [0.29, 0.717) is 5.41 Å². The van der Waals surface area contributed by atoms with Gasteiger partial charge in [-0.2, -0.15) is 0 Å². The Kier molecular flexibility index (Phi) is 3.23. The molecule has 1 aromatic carbocycles. The molecule has 3 rings (SSSR count). The second-order valence-corrected chi connectivity index (χ2v) is 6.63. The molecule has 3 nitrogen and oxygen atoms in total. The third-order valence-corrected chi connectivity index (χ3v) is 4.91. The summed E-state index contributed by atoms with van der Waals surface area (Å²) in [5, 5.41) is 0. The first-order valence-electron chi connectivity index (χ1n) is 7.80. The van der Waals surface area contributed by atoms with Gasteiger partial charge in [-0.25, -0.2) is 4.98 Å². The lowest BCUT2D eigenvalue weighted by Crippen LogP contribution is -2.19. The molecule has 1 fully saturated rings. The first-order valence-corrected chi connectivity index (χ1v) is 7.80. The molecule has 0 radical (unpaired) electrons. The minimum Gasteiger partial charge on any atom is -0.399 e. The highest BCUT2D eigenvalue weighted by atomic mass is 15.1. The molecule has 1 aliphatic carbocycles. The maximum atomic E-state index is 5.90. The lowest BCUT2D eigenvalue weighted by Gasteiger charge is -2.22. The topological polar surface area (TPSA) is 43.8 Å². The Morgan fingerprint density at radius 3 is 2.70 bits per heavy atom. The van der Waals surface area contributed by atoms with Crippen molar-refractivity contribution in [3.63, 3.8) is 0 Å². The molecule has 1 aromatic heterocycles. The number of benzene rings is 1. The molecule has 1 saturated carbocycles. The Bertz CT molecular complexity index is 620. The van der Waals surface area contributed by atoms with Crippen LogP contribution in [0.4, 0.5) is 5.69 Å². The van der Waals surface area contributed by atoms with E-state index in [2.05, 4.69) is 31.4 Å². The van der Waals surface area contributed by atoms with Gasteiger partial charge in [0.2, 0.25) is 0 Å². The largest absolute Gasteiger partial charge is 0.399 e. The molecule has 3 heteroatoms. The van der Waals surface area contributed by atoms with E-state index in [4.69, 9.17) is 10.7 Å². The lowest BCUT2D eigenvalue weighted by atomic mass is 9.92. The van der Waals surface area contributed by atoms with Crippen molar-refractivity contribution in [3.8, 4) is 0 Å². The molecule has 1 aliphatic rings. The molecule has 0 spiro atoms. The summed E-state index contributed by atoms with van der Waals surface area (Å²) in [4.78, 5) is 4.82. The third kappa shape index (κ3) is 2.19. The quantitative estimate of drug-likeness (QED) is 0.835. The smallest absolute Gasteiger partial charge is 0.109 e. The van der Waals surface area contributed by atoms with E-state index in [0.717, 1.165) is 36.5 Å². The zero-order valence-corrected chi connectivity index (χ0v) is 12.8. The summed E-state index contributed by atoms with van der Waals surface area (Å²) in [6.45, 7) is 8.03. The maximum absolute atomic E-state index is 5.90. The summed E-state index contributed by atoms with van der Waals surface area (Å²) < 4.78 is 2.45. The minimum absolute atomic E-state index is 0.498. The van der Waals surface area contributed by atoms with Crippen LogP contribution in [0.2, 0.25) is 0 Å². The zero-order valence-electron chi connectivity index (χ0n) is 12.8. The van der Waals surface area contributed by atoms with Crippen LogP contribution in [0.25, 0.3) is 11.0 Å². The molecule has 0 saturated heterocycles. The number of nitrogen functional groups attached to an aromatic ring is 1. The van der Waals surface area contributed by atoms with E-state index < -0.39 is 0 Å². The van der Waals surface area contributed by atoms with Crippen LogP contribution in [-0.2, 0) is 13.0 Å². The van der Waals surface area contributed by atoms with Crippen molar-refractivity contribution in [2.24, 2.45) is 11.3 Å². The molecule has 2 aromatic rings. The third-order valence-electron chi connectivity index (χ3n) is 4.91. The monoisotopic (exact) mass is 271 g/mol. The first kappa shape index (κ1) is 13.5. The standard InChI is InChI=1S/C17H25N3/c1-4-5-16-19-14-10-13(18)6-7-15(14)20(16)11-17(8-9-17)12(2)3/h6-7,10,12H,4-5,8-9,11,18H2,1-3H3. The summed E-state index contributed by atoms with van der Waals surface area (Å²) >= 11 is 0. The number of aromatic nitrogens is 2. The number of hydrogen-bond acceptors (Lipinski definition) is 2. The Morgan fingerprint density at radius 2 is 2.10 bits per heavy atom. The fraction of sp³-hybridized carbons (Fsp3) is 0.588. The van der Waals surface area contributed by atoms with Crippen molar-refractivity contribution < 1.29 is 0 Å². The number of hydrogen-bond donors (Lipinski definition) is 1. The van der Waals surface area contributed by atoms with Crippen molar-refractivity contribution in [1.82, 2.24) is 9.55 Å². The Labute approximate surface area is 121 Å². The summed E-state index contributed by atoms with van der Waals surface area (Å²) in [7, 11) is 0.